The minimum atomic E-state index is -0.144. The van der Waals surface area contributed by atoms with E-state index in [-0.39, 0.29) is 26.6 Å². The maximum Gasteiger partial charge on any atom is 4.00 e. The summed E-state index contributed by atoms with van der Waals surface area (Å²) < 4.78 is 6.24. The van der Waals surface area contributed by atoms with Crippen molar-refractivity contribution in [2.45, 2.75) is 19.4 Å². The summed E-state index contributed by atoms with van der Waals surface area (Å²) in [6, 6.07) is 31.8. The van der Waals surface area contributed by atoms with E-state index in [0.29, 0.717) is 11.5 Å². The van der Waals surface area contributed by atoms with Gasteiger partial charge in [-0.3, -0.25) is 0 Å². The van der Waals surface area contributed by atoms with Gasteiger partial charge < -0.3 is 24.3 Å². The molecular weight excluding hydrogens is 639 g/mol. The molecule has 0 spiro atoms. The summed E-state index contributed by atoms with van der Waals surface area (Å²) in [6.45, 7) is 8.66. The van der Waals surface area contributed by atoms with Crippen LogP contribution in [0.5, 0.6) is 11.5 Å². The van der Waals surface area contributed by atoms with Gasteiger partial charge in [0.2, 0.25) is 0 Å². The fraction of sp³-hybridized carbons (Fsp3) is 0.161. The number of rotatable bonds is 4. The van der Waals surface area contributed by atoms with Crippen LogP contribution in [0.4, 0.5) is 17.1 Å². The Hall–Kier alpha value is -3.27. The van der Waals surface area contributed by atoms with Crippen molar-refractivity contribution >= 4 is 27.8 Å². The van der Waals surface area contributed by atoms with Crippen molar-refractivity contribution in [3.63, 3.8) is 0 Å². The molecule has 0 atom stereocenters. The molecule has 0 saturated carbocycles. The van der Waals surface area contributed by atoms with Crippen molar-refractivity contribution in [3.8, 4) is 11.5 Å². The Labute approximate surface area is 233 Å². The van der Waals surface area contributed by atoms with Crippen molar-refractivity contribution in [2.75, 3.05) is 23.9 Å². The number of hydrogen-bond acceptors (Lipinski definition) is 5. The first kappa shape index (κ1) is 25.4. The average molecular weight is 668 g/mol. The Bertz CT molecular complexity index is 1470. The SMILES string of the molecule is CN1C=CN(c2[c-]c(Oc3[c-]c(N4[CH-]N(C)C(C)(C)c5ccc6ccccc6c54)ccc3)ccc2)[CH-]1.[Pt+4]. The molecule has 0 radical (unpaired) electrons. The molecule has 2 aliphatic rings. The maximum absolute atomic E-state index is 6.24. The number of ether oxygens (including phenoxy) is 1. The molecule has 37 heavy (non-hydrogen) atoms. The van der Waals surface area contributed by atoms with Crippen LogP contribution in [0.2, 0.25) is 0 Å². The van der Waals surface area contributed by atoms with Gasteiger partial charge in [-0.1, -0.05) is 36.4 Å². The van der Waals surface area contributed by atoms with Gasteiger partial charge in [0.1, 0.15) is 0 Å². The van der Waals surface area contributed by atoms with E-state index in [4.69, 9.17) is 4.74 Å². The van der Waals surface area contributed by atoms with Crippen LogP contribution in [0.15, 0.2) is 85.2 Å². The maximum atomic E-state index is 6.24. The van der Waals surface area contributed by atoms with Gasteiger partial charge in [0.05, 0.1) is 0 Å². The number of fused-ring (bicyclic) bond motifs is 3. The first-order valence-electron chi connectivity index (χ1n) is 12.1. The molecule has 0 unspecified atom stereocenters. The summed E-state index contributed by atoms with van der Waals surface area (Å²) in [5.41, 5.74) is 4.14. The Morgan fingerprint density at radius 1 is 0.757 bits per heavy atom. The number of hydrogen-bond donors (Lipinski definition) is 0. The topological polar surface area (TPSA) is 22.2 Å². The molecule has 5 nitrogen and oxygen atoms in total. The predicted molar refractivity (Wildman–Crippen MR) is 145 cm³/mol. The fourth-order valence-electron chi connectivity index (χ4n) is 4.75. The summed E-state index contributed by atoms with van der Waals surface area (Å²) >= 11 is 0. The molecule has 0 fully saturated rings. The Kier molecular flexibility index (Phi) is 6.78. The molecule has 2 aliphatic heterocycles. The largest absolute Gasteiger partial charge is 4.00 e. The van der Waals surface area contributed by atoms with Crippen LogP contribution in [0.25, 0.3) is 10.8 Å². The van der Waals surface area contributed by atoms with Gasteiger partial charge in [0, 0.05) is 28.1 Å². The number of nitrogens with zero attached hydrogens (tertiary/aromatic N) is 4. The summed E-state index contributed by atoms with van der Waals surface area (Å²) in [7, 11) is 4.11. The Morgan fingerprint density at radius 3 is 2.19 bits per heavy atom. The van der Waals surface area contributed by atoms with Crippen molar-refractivity contribution in [3.05, 3.63) is 116 Å². The van der Waals surface area contributed by atoms with Crippen molar-refractivity contribution in [1.29, 1.82) is 0 Å². The van der Waals surface area contributed by atoms with Gasteiger partial charge in [0.15, 0.2) is 0 Å². The van der Waals surface area contributed by atoms with E-state index in [1.807, 2.05) is 66.2 Å². The fourth-order valence-corrected chi connectivity index (χ4v) is 4.75. The monoisotopic (exact) mass is 667 g/mol. The first-order valence-corrected chi connectivity index (χ1v) is 12.1. The number of anilines is 3. The Morgan fingerprint density at radius 2 is 1.46 bits per heavy atom. The minimum absolute atomic E-state index is 0. The summed E-state index contributed by atoms with van der Waals surface area (Å²) in [5, 5.41) is 2.43. The van der Waals surface area contributed by atoms with Gasteiger partial charge >= 0.3 is 21.1 Å². The zero-order chi connectivity index (χ0) is 24.9. The summed E-state index contributed by atoms with van der Waals surface area (Å²) in [4.78, 5) is 8.47. The normalized spacial score (nSPS) is 16.6. The van der Waals surface area contributed by atoms with Gasteiger partial charge in [-0.2, -0.15) is 25.5 Å². The number of benzene rings is 4. The minimum Gasteiger partial charge on any atom is -0.510 e. The predicted octanol–water partition coefficient (Wildman–Crippen LogP) is 7.01. The second-order valence-electron chi connectivity index (χ2n) is 9.73. The van der Waals surface area contributed by atoms with E-state index in [1.165, 1.54) is 22.0 Å². The van der Waals surface area contributed by atoms with E-state index >= 15 is 0 Å². The molecule has 0 aromatic heterocycles. The second-order valence-corrected chi connectivity index (χ2v) is 9.73. The van der Waals surface area contributed by atoms with E-state index in [1.54, 1.807) is 0 Å². The van der Waals surface area contributed by atoms with Gasteiger partial charge in [-0.25, -0.2) is 0 Å². The van der Waals surface area contributed by atoms with E-state index in [0.717, 1.165) is 11.4 Å². The van der Waals surface area contributed by atoms with E-state index < -0.39 is 0 Å². The van der Waals surface area contributed by atoms with Crippen molar-refractivity contribution in [2.24, 2.45) is 0 Å². The molecule has 4 aromatic carbocycles. The smallest absolute Gasteiger partial charge is 0.510 e. The van der Waals surface area contributed by atoms with Crippen LogP contribution in [0.1, 0.15) is 19.4 Å². The van der Waals surface area contributed by atoms with E-state index in [2.05, 4.69) is 92.0 Å². The summed E-state index contributed by atoms with van der Waals surface area (Å²) in [6.07, 6.45) is 3.99. The van der Waals surface area contributed by atoms with Crippen LogP contribution in [0.3, 0.4) is 0 Å². The van der Waals surface area contributed by atoms with Crippen LogP contribution in [-0.4, -0.2) is 23.9 Å². The average Bonchev–Trinajstić information content (AvgIpc) is 3.32. The second kappa shape index (κ2) is 9.89. The third-order valence-corrected chi connectivity index (χ3v) is 7.00. The van der Waals surface area contributed by atoms with Crippen LogP contribution >= 0.6 is 0 Å². The molecule has 4 aromatic rings. The van der Waals surface area contributed by atoms with Crippen molar-refractivity contribution < 1.29 is 25.8 Å². The third-order valence-electron chi connectivity index (χ3n) is 7.00. The van der Waals surface area contributed by atoms with Crippen LogP contribution in [0, 0.1) is 25.5 Å². The summed E-state index contributed by atoms with van der Waals surface area (Å²) in [5.74, 6) is 1.28. The van der Waals surface area contributed by atoms with Crippen LogP contribution in [-0.2, 0) is 26.6 Å². The Balaban J connectivity index is 0.00000280. The molecule has 6 rings (SSSR count). The molecule has 0 aliphatic carbocycles. The first-order chi connectivity index (χ1) is 17.4. The van der Waals surface area contributed by atoms with Gasteiger partial charge in [-0.15, -0.1) is 47.8 Å². The molecule has 0 amide bonds. The van der Waals surface area contributed by atoms with E-state index in [9.17, 15) is 0 Å². The van der Waals surface area contributed by atoms with Crippen molar-refractivity contribution in [1.82, 2.24) is 9.80 Å². The molecule has 0 N–H and O–H groups in total. The molecule has 188 valence electrons. The molecular formula is C31H28N4OPt. The zero-order valence-electron chi connectivity index (χ0n) is 21.3. The zero-order valence-corrected chi connectivity index (χ0v) is 23.5. The quantitative estimate of drug-likeness (QED) is 0.218. The van der Waals surface area contributed by atoms with Gasteiger partial charge in [-0.05, 0) is 51.3 Å². The van der Waals surface area contributed by atoms with Crippen LogP contribution < -0.4 is 14.5 Å². The third kappa shape index (κ3) is 4.63. The molecule has 0 saturated heterocycles. The molecule has 6 heteroatoms. The van der Waals surface area contributed by atoms with Gasteiger partial charge in [0.25, 0.3) is 0 Å². The molecule has 0 bridgehead atoms. The standard InChI is InChI=1S/C31H28N4O.Pt/c1-31(2)29-16-15-23-9-5-6-14-28(23)30(29)35(22-33(31)4)25-11-8-13-27(20-25)36-26-12-7-10-24(19-26)34-18-17-32(3)21-34;/h5-18,21-22H,1-4H3;/q-4;+4. The molecule has 2 heterocycles.